The third-order valence-electron chi connectivity index (χ3n) is 4.51. The Hall–Kier alpha value is -3.40. The minimum absolute atomic E-state index is 0.0228. The fraction of sp³-hybridized carbons (Fsp3) is 0.300. The molecule has 1 aliphatic carbocycles. The van der Waals surface area contributed by atoms with Gasteiger partial charge in [-0.1, -0.05) is 0 Å². The highest BCUT2D eigenvalue weighted by atomic mass is 19.3. The number of ether oxygens (including phenoxy) is 1. The summed E-state index contributed by atoms with van der Waals surface area (Å²) in [5, 5.41) is 15.9. The van der Waals surface area contributed by atoms with Crippen molar-refractivity contribution in [3.63, 3.8) is 0 Å². The lowest BCUT2D eigenvalue weighted by atomic mass is 10.1. The number of benzene rings is 1. The van der Waals surface area contributed by atoms with Crippen LogP contribution < -0.4 is 10.1 Å². The summed E-state index contributed by atoms with van der Waals surface area (Å²) < 4.78 is 31.0. The lowest BCUT2D eigenvalue weighted by Crippen LogP contribution is -2.27. The van der Waals surface area contributed by atoms with E-state index in [-0.39, 0.29) is 24.6 Å². The maximum atomic E-state index is 12.4. The number of alkyl halides is 2. The fourth-order valence-corrected chi connectivity index (χ4v) is 2.90. The molecule has 1 amide bonds. The van der Waals surface area contributed by atoms with Crippen LogP contribution in [0.4, 0.5) is 8.78 Å². The van der Waals surface area contributed by atoms with Gasteiger partial charge in [-0.25, -0.2) is 9.97 Å². The van der Waals surface area contributed by atoms with Gasteiger partial charge in [0.2, 0.25) is 0 Å². The van der Waals surface area contributed by atoms with Crippen molar-refractivity contribution >= 4 is 5.91 Å². The molecule has 4 rings (SSSR count). The van der Waals surface area contributed by atoms with E-state index < -0.39 is 12.5 Å². The van der Waals surface area contributed by atoms with Crippen LogP contribution in [0.5, 0.6) is 5.75 Å². The highest BCUT2D eigenvalue weighted by Crippen LogP contribution is 2.35. The van der Waals surface area contributed by atoms with Crippen LogP contribution in [0.2, 0.25) is 0 Å². The third kappa shape index (κ3) is 4.60. The summed E-state index contributed by atoms with van der Waals surface area (Å²) in [6.07, 6.45) is 5.63. The number of amides is 1. The van der Waals surface area contributed by atoms with E-state index in [9.17, 15) is 13.6 Å². The fourth-order valence-electron chi connectivity index (χ4n) is 2.90. The average Bonchev–Trinajstić information content (AvgIpc) is 3.48. The quantitative estimate of drug-likeness (QED) is 0.587. The number of carbonyl (C=O) groups excluding carboxylic acids is 1. The molecule has 0 radical (unpaired) electrons. The summed E-state index contributed by atoms with van der Waals surface area (Å²) in [6, 6.07) is 7.85. The van der Waals surface area contributed by atoms with Crippen molar-refractivity contribution in [1.82, 2.24) is 25.1 Å². The van der Waals surface area contributed by atoms with Crippen LogP contribution in [-0.2, 0) is 0 Å². The van der Waals surface area contributed by atoms with E-state index >= 15 is 0 Å². The van der Waals surface area contributed by atoms with Gasteiger partial charge in [-0.2, -0.15) is 13.9 Å². The molecule has 0 aliphatic heterocycles. The second-order valence-corrected chi connectivity index (χ2v) is 6.78. The Bertz CT molecular complexity index is 1040. The van der Waals surface area contributed by atoms with Crippen molar-refractivity contribution in [2.45, 2.75) is 25.5 Å². The number of aliphatic hydroxyl groups is 1. The Morgan fingerprint density at radius 2 is 2.00 bits per heavy atom. The minimum Gasteiger partial charge on any atom is -0.435 e. The molecular formula is C20H19F2N5O3. The van der Waals surface area contributed by atoms with Gasteiger partial charge in [0.25, 0.3) is 5.91 Å². The Labute approximate surface area is 170 Å². The molecule has 0 unspecified atom stereocenters. The Kier molecular flexibility index (Phi) is 5.66. The van der Waals surface area contributed by atoms with Crippen LogP contribution in [0.25, 0.3) is 22.6 Å². The Morgan fingerprint density at radius 1 is 1.23 bits per heavy atom. The van der Waals surface area contributed by atoms with Gasteiger partial charge in [0, 0.05) is 18.3 Å². The summed E-state index contributed by atoms with van der Waals surface area (Å²) in [6.45, 7) is -3.02. The molecule has 1 aliphatic rings. The summed E-state index contributed by atoms with van der Waals surface area (Å²) in [5.41, 5.74) is 1.83. The predicted molar refractivity (Wildman–Crippen MR) is 103 cm³/mol. The van der Waals surface area contributed by atoms with Crippen molar-refractivity contribution in [2.24, 2.45) is 0 Å². The van der Waals surface area contributed by atoms with Gasteiger partial charge in [0.15, 0.2) is 5.82 Å². The molecule has 0 spiro atoms. The molecule has 2 N–H and O–H groups in total. The van der Waals surface area contributed by atoms with Crippen molar-refractivity contribution in [3.8, 4) is 28.4 Å². The van der Waals surface area contributed by atoms with Gasteiger partial charge in [0.05, 0.1) is 30.1 Å². The molecule has 0 atom stereocenters. The zero-order valence-electron chi connectivity index (χ0n) is 15.8. The van der Waals surface area contributed by atoms with E-state index in [2.05, 4.69) is 25.1 Å². The first-order valence-electron chi connectivity index (χ1n) is 9.41. The summed E-state index contributed by atoms with van der Waals surface area (Å²) in [7, 11) is 0. The van der Waals surface area contributed by atoms with Crippen molar-refractivity contribution < 1.29 is 23.4 Å². The lowest BCUT2D eigenvalue weighted by molar-refractivity contribution is -0.0498. The van der Waals surface area contributed by atoms with Crippen molar-refractivity contribution in [1.29, 1.82) is 0 Å². The number of nitrogens with one attached hydrogen (secondary N) is 1. The SMILES string of the molecule is O=C(NCCO)c1cc(-c2ccc(OC(F)F)cc2)nc(-c2cnn(C3CC3)c2)n1. The van der Waals surface area contributed by atoms with Crippen LogP contribution in [0.15, 0.2) is 42.7 Å². The zero-order valence-corrected chi connectivity index (χ0v) is 15.8. The molecule has 1 aromatic carbocycles. The molecule has 0 saturated heterocycles. The maximum absolute atomic E-state index is 12.4. The summed E-state index contributed by atoms with van der Waals surface area (Å²) in [5.74, 6) is -0.114. The van der Waals surface area contributed by atoms with Gasteiger partial charge in [-0.15, -0.1) is 0 Å². The van der Waals surface area contributed by atoms with E-state index in [0.717, 1.165) is 12.8 Å². The zero-order chi connectivity index (χ0) is 21.1. The first kappa shape index (κ1) is 19.9. The van der Waals surface area contributed by atoms with Crippen LogP contribution in [-0.4, -0.2) is 50.5 Å². The van der Waals surface area contributed by atoms with Gasteiger partial charge in [-0.3, -0.25) is 9.48 Å². The number of hydrogen-bond donors (Lipinski definition) is 2. The van der Waals surface area contributed by atoms with Crippen LogP contribution >= 0.6 is 0 Å². The van der Waals surface area contributed by atoms with E-state index in [1.165, 1.54) is 18.2 Å². The second kappa shape index (κ2) is 8.54. The molecule has 1 fully saturated rings. The molecule has 8 nitrogen and oxygen atoms in total. The summed E-state index contributed by atoms with van der Waals surface area (Å²) >= 11 is 0. The summed E-state index contributed by atoms with van der Waals surface area (Å²) in [4.78, 5) is 21.3. The highest BCUT2D eigenvalue weighted by Gasteiger charge is 2.25. The first-order chi connectivity index (χ1) is 14.5. The number of halogens is 2. The Balaban J connectivity index is 1.69. The van der Waals surface area contributed by atoms with Crippen molar-refractivity contribution in [3.05, 3.63) is 48.4 Å². The molecule has 3 aromatic rings. The number of aromatic nitrogens is 4. The number of rotatable bonds is 8. The highest BCUT2D eigenvalue weighted by molar-refractivity contribution is 5.93. The minimum atomic E-state index is -2.91. The standard InChI is InChI=1S/C20H19F2N5O3/c21-20(22)30-15-5-1-12(2-6-15)16-9-17(19(29)23-7-8-28)26-18(25-16)13-10-24-27(11-13)14-3-4-14/h1-2,5-6,9-11,14,20,28H,3-4,7-8H2,(H,23,29). The van der Waals surface area contributed by atoms with Crippen LogP contribution in [0, 0.1) is 0 Å². The van der Waals surface area contributed by atoms with Gasteiger partial charge >= 0.3 is 6.61 Å². The number of aliphatic hydroxyl groups excluding tert-OH is 1. The molecular weight excluding hydrogens is 396 g/mol. The number of hydrogen-bond acceptors (Lipinski definition) is 6. The van der Waals surface area contributed by atoms with Crippen molar-refractivity contribution in [2.75, 3.05) is 13.2 Å². The topological polar surface area (TPSA) is 102 Å². The third-order valence-corrected chi connectivity index (χ3v) is 4.51. The first-order valence-corrected chi connectivity index (χ1v) is 9.41. The number of carbonyl (C=O) groups is 1. The van der Waals surface area contributed by atoms with Crippen LogP contribution in [0.3, 0.4) is 0 Å². The molecule has 10 heteroatoms. The monoisotopic (exact) mass is 415 g/mol. The molecule has 0 bridgehead atoms. The average molecular weight is 415 g/mol. The van der Waals surface area contributed by atoms with E-state index in [1.807, 2.05) is 10.9 Å². The van der Waals surface area contributed by atoms with E-state index in [1.54, 1.807) is 18.3 Å². The largest absolute Gasteiger partial charge is 0.435 e. The Morgan fingerprint density at radius 3 is 2.67 bits per heavy atom. The molecule has 2 aromatic heterocycles. The smallest absolute Gasteiger partial charge is 0.387 e. The molecule has 156 valence electrons. The number of nitrogens with zero attached hydrogens (tertiary/aromatic N) is 4. The predicted octanol–water partition coefficient (Wildman–Crippen LogP) is 2.67. The maximum Gasteiger partial charge on any atom is 0.387 e. The van der Waals surface area contributed by atoms with E-state index in [0.29, 0.717) is 28.7 Å². The molecule has 30 heavy (non-hydrogen) atoms. The molecule has 1 saturated carbocycles. The van der Waals surface area contributed by atoms with Gasteiger partial charge in [0.1, 0.15) is 11.4 Å². The second-order valence-electron chi connectivity index (χ2n) is 6.78. The van der Waals surface area contributed by atoms with Gasteiger partial charge < -0.3 is 15.2 Å². The molecule has 2 heterocycles. The lowest BCUT2D eigenvalue weighted by Gasteiger charge is -2.09. The normalized spacial score (nSPS) is 13.5. The van der Waals surface area contributed by atoms with Gasteiger partial charge in [-0.05, 0) is 43.2 Å². The van der Waals surface area contributed by atoms with Crippen LogP contribution in [0.1, 0.15) is 29.4 Å². The van der Waals surface area contributed by atoms with E-state index in [4.69, 9.17) is 5.11 Å².